The van der Waals surface area contributed by atoms with Crippen molar-refractivity contribution in [3.63, 3.8) is 0 Å². The van der Waals surface area contributed by atoms with E-state index in [9.17, 15) is 4.79 Å². The maximum atomic E-state index is 11.8. The van der Waals surface area contributed by atoms with Gasteiger partial charge in [-0.2, -0.15) is 4.68 Å². The third kappa shape index (κ3) is 3.77. The van der Waals surface area contributed by atoms with E-state index in [0.717, 1.165) is 37.2 Å². The van der Waals surface area contributed by atoms with Crippen LogP contribution in [-0.2, 0) is 10.3 Å². The van der Waals surface area contributed by atoms with Crippen LogP contribution < -0.4 is 5.32 Å². The topological polar surface area (TPSA) is 81.9 Å². The second-order valence-electron chi connectivity index (χ2n) is 7.12. The summed E-state index contributed by atoms with van der Waals surface area (Å²) >= 11 is 0. The van der Waals surface area contributed by atoms with Crippen molar-refractivity contribution in [2.24, 2.45) is 0 Å². The second kappa shape index (κ2) is 7.95. The number of nitrogens with one attached hydrogen (secondary N) is 1. The summed E-state index contributed by atoms with van der Waals surface area (Å²) in [4.78, 5) is 11.8. The van der Waals surface area contributed by atoms with Gasteiger partial charge in [0.05, 0.1) is 23.4 Å². The van der Waals surface area contributed by atoms with E-state index in [0.29, 0.717) is 18.2 Å². The Bertz CT molecular complexity index is 733. The third-order valence-corrected chi connectivity index (χ3v) is 4.79. The molecule has 0 bridgehead atoms. The minimum Gasteiger partial charge on any atom is -0.462 e. The van der Waals surface area contributed by atoms with Crippen molar-refractivity contribution in [1.82, 2.24) is 25.5 Å². The Kier molecular flexibility index (Phi) is 5.66. The number of rotatable bonds is 6. The van der Waals surface area contributed by atoms with Crippen LogP contribution in [0.25, 0.3) is 5.69 Å². The lowest BCUT2D eigenvalue weighted by Crippen LogP contribution is -2.49. The Hall–Kier alpha value is -2.28. The van der Waals surface area contributed by atoms with Gasteiger partial charge in [0.25, 0.3) is 0 Å². The predicted molar refractivity (Wildman–Crippen MR) is 98.1 cm³/mol. The first-order valence-electron chi connectivity index (χ1n) is 9.40. The summed E-state index contributed by atoms with van der Waals surface area (Å²) in [6.07, 6.45) is 5.61. The minimum absolute atomic E-state index is 0.213. The molecular formula is C19H27N5O2. The van der Waals surface area contributed by atoms with Gasteiger partial charge in [-0.25, -0.2) is 4.79 Å². The molecule has 3 rings (SSSR count). The molecule has 0 spiro atoms. The number of esters is 1. The fourth-order valence-corrected chi connectivity index (χ4v) is 3.75. The third-order valence-electron chi connectivity index (χ3n) is 4.79. The van der Waals surface area contributed by atoms with E-state index in [-0.39, 0.29) is 11.5 Å². The largest absolute Gasteiger partial charge is 0.462 e. The Balaban J connectivity index is 1.93. The van der Waals surface area contributed by atoms with E-state index in [1.165, 1.54) is 6.42 Å². The van der Waals surface area contributed by atoms with Gasteiger partial charge in [-0.05, 0) is 68.3 Å². The summed E-state index contributed by atoms with van der Waals surface area (Å²) in [5, 5.41) is 16.3. The lowest BCUT2D eigenvalue weighted by atomic mass is 9.80. The first kappa shape index (κ1) is 18.5. The molecule has 1 saturated carbocycles. The summed E-state index contributed by atoms with van der Waals surface area (Å²) in [6, 6.07) is 7.56. The average Bonchev–Trinajstić information content (AvgIpc) is 3.13. The highest BCUT2D eigenvalue weighted by Gasteiger charge is 2.39. The standard InChI is InChI=1S/C19H27N5O2/c1-4-26-17(25)15-8-10-16(11-9-15)24-18(21-22-23-24)19(20-14(2)3)12-6-5-7-13-19/h8-11,14,20H,4-7,12-13H2,1-3H3. The number of hydrogen-bond donors (Lipinski definition) is 1. The summed E-state index contributed by atoms with van der Waals surface area (Å²) in [6.45, 7) is 6.46. The zero-order valence-electron chi connectivity index (χ0n) is 15.7. The van der Waals surface area contributed by atoms with Gasteiger partial charge in [-0.3, -0.25) is 0 Å². The molecule has 0 atom stereocenters. The van der Waals surface area contributed by atoms with Gasteiger partial charge in [0.2, 0.25) is 0 Å². The molecule has 26 heavy (non-hydrogen) atoms. The Morgan fingerprint density at radius 2 is 1.92 bits per heavy atom. The summed E-state index contributed by atoms with van der Waals surface area (Å²) in [7, 11) is 0. The number of tetrazole rings is 1. The molecule has 0 aliphatic heterocycles. The molecule has 1 aromatic carbocycles. The molecule has 140 valence electrons. The summed E-state index contributed by atoms with van der Waals surface area (Å²) in [5.74, 6) is 0.524. The van der Waals surface area contributed by atoms with Gasteiger partial charge in [-0.15, -0.1) is 5.10 Å². The normalized spacial score (nSPS) is 16.6. The van der Waals surface area contributed by atoms with Gasteiger partial charge in [0.15, 0.2) is 5.82 Å². The van der Waals surface area contributed by atoms with Crippen LogP contribution in [0.5, 0.6) is 0 Å². The molecule has 1 aliphatic rings. The van der Waals surface area contributed by atoms with E-state index < -0.39 is 0 Å². The minimum atomic E-state index is -0.318. The molecule has 0 amide bonds. The molecule has 1 aromatic heterocycles. The van der Waals surface area contributed by atoms with Gasteiger partial charge in [-0.1, -0.05) is 19.3 Å². The smallest absolute Gasteiger partial charge is 0.338 e. The molecule has 1 fully saturated rings. The average molecular weight is 357 g/mol. The number of hydrogen-bond acceptors (Lipinski definition) is 6. The van der Waals surface area contributed by atoms with Crippen LogP contribution in [0.4, 0.5) is 0 Å². The maximum Gasteiger partial charge on any atom is 0.338 e. The lowest BCUT2D eigenvalue weighted by molar-refractivity contribution is 0.0526. The van der Waals surface area contributed by atoms with E-state index in [1.54, 1.807) is 23.7 Å². The Morgan fingerprint density at radius 1 is 1.23 bits per heavy atom. The van der Waals surface area contributed by atoms with Gasteiger partial charge >= 0.3 is 5.97 Å². The molecule has 1 N–H and O–H groups in total. The highest BCUT2D eigenvalue weighted by atomic mass is 16.5. The van der Waals surface area contributed by atoms with Gasteiger partial charge in [0.1, 0.15) is 0 Å². The maximum absolute atomic E-state index is 11.8. The molecule has 7 nitrogen and oxygen atoms in total. The van der Waals surface area contributed by atoms with Crippen LogP contribution in [0.2, 0.25) is 0 Å². The Morgan fingerprint density at radius 3 is 2.54 bits per heavy atom. The number of benzene rings is 1. The van der Waals surface area contributed by atoms with Crippen LogP contribution >= 0.6 is 0 Å². The molecule has 1 aliphatic carbocycles. The highest BCUT2D eigenvalue weighted by Crippen LogP contribution is 2.37. The molecule has 1 heterocycles. The SMILES string of the molecule is CCOC(=O)c1ccc(-n2nnnc2C2(NC(C)C)CCCCC2)cc1. The fraction of sp³-hybridized carbons (Fsp3) is 0.579. The van der Waals surface area contributed by atoms with Crippen LogP contribution in [0, 0.1) is 0 Å². The Labute approximate surface area is 154 Å². The molecule has 0 radical (unpaired) electrons. The molecular weight excluding hydrogens is 330 g/mol. The first-order chi connectivity index (χ1) is 12.6. The van der Waals surface area contributed by atoms with Crippen molar-refractivity contribution in [3.05, 3.63) is 35.7 Å². The number of carbonyl (C=O) groups is 1. The number of nitrogens with zero attached hydrogens (tertiary/aromatic N) is 4. The van der Waals surface area contributed by atoms with Crippen molar-refractivity contribution in [2.75, 3.05) is 6.61 Å². The van der Waals surface area contributed by atoms with Crippen molar-refractivity contribution < 1.29 is 9.53 Å². The van der Waals surface area contributed by atoms with Crippen LogP contribution in [-0.4, -0.2) is 38.8 Å². The van der Waals surface area contributed by atoms with Crippen LogP contribution in [0.1, 0.15) is 69.1 Å². The second-order valence-corrected chi connectivity index (χ2v) is 7.12. The number of carbonyl (C=O) groups excluding carboxylic acids is 1. The molecule has 2 aromatic rings. The predicted octanol–water partition coefficient (Wildman–Crippen LogP) is 3.00. The first-order valence-corrected chi connectivity index (χ1v) is 9.40. The van der Waals surface area contributed by atoms with E-state index in [2.05, 4.69) is 34.7 Å². The van der Waals surface area contributed by atoms with Crippen LogP contribution in [0.15, 0.2) is 24.3 Å². The van der Waals surface area contributed by atoms with Gasteiger partial charge in [0, 0.05) is 6.04 Å². The van der Waals surface area contributed by atoms with E-state index >= 15 is 0 Å². The van der Waals surface area contributed by atoms with Gasteiger partial charge < -0.3 is 10.1 Å². The van der Waals surface area contributed by atoms with E-state index in [1.807, 2.05) is 12.1 Å². The summed E-state index contributed by atoms with van der Waals surface area (Å²) < 4.78 is 6.83. The number of aromatic nitrogens is 4. The quantitative estimate of drug-likeness (QED) is 0.801. The number of ether oxygens (including phenoxy) is 1. The van der Waals surface area contributed by atoms with Crippen molar-refractivity contribution in [1.29, 1.82) is 0 Å². The van der Waals surface area contributed by atoms with E-state index in [4.69, 9.17) is 4.74 Å². The van der Waals surface area contributed by atoms with Crippen molar-refractivity contribution in [2.45, 2.75) is 64.5 Å². The lowest BCUT2D eigenvalue weighted by Gasteiger charge is -2.38. The van der Waals surface area contributed by atoms with Crippen LogP contribution in [0.3, 0.4) is 0 Å². The molecule has 7 heteroatoms. The summed E-state index contributed by atoms with van der Waals surface area (Å²) in [5.41, 5.74) is 1.15. The van der Waals surface area contributed by atoms with Crippen molar-refractivity contribution in [3.8, 4) is 5.69 Å². The fourth-order valence-electron chi connectivity index (χ4n) is 3.75. The van der Waals surface area contributed by atoms with Crippen molar-refractivity contribution >= 4 is 5.97 Å². The monoisotopic (exact) mass is 357 g/mol. The highest BCUT2D eigenvalue weighted by molar-refractivity contribution is 5.89. The molecule has 0 saturated heterocycles. The zero-order valence-corrected chi connectivity index (χ0v) is 15.7. The molecule has 0 unspecified atom stereocenters. The zero-order chi connectivity index (χ0) is 18.6.